The van der Waals surface area contributed by atoms with E-state index in [9.17, 15) is 8.78 Å². The molecule has 0 atom stereocenters. The van der Waals surface area contributed by atoms with Gasteiger partial charge < -0.3 is 0 Å². The topological polar surface area (TPSA) is 29.0 Å². The summed E-state index contributed by atoms with van der Waals surface area (Å²) in [7, 11) is 0. The number of hydrogen-bond donors (Lipinski definition) is 0. The number of aromatic nitrogens is 2. The van der Waals surface area contributed by atoms with Crippen molar-refractivity contribution >= 4 is 27.9 Å². The van der Waals surface area contributed by atoms with Gasteiger partial charge in [-0.2, -0.15) is 0 Å². The standard InChI is InChI=1S/C9H10F2N3.3CH3.Sn/c10-8(11)9-12-4-3-7(13-9)14-5-1-2-6-14;;;;/h3,8H,1-2,5-6H2;3*1H3;. The van der Waals surface area contributed by atoms with Crippen molar-refractivity contribution in [2.75, 3.05) is 18.0 Å². The SMILES string of the molecule is [CH3][Sn]([CH3])([CH3])[c]1cc(N2CCCC2)nc(C(F)F)n1. The van der Waals surface area contributed by atoms with Gasteiger partial charge in [0.15, 0.2) is 0 Å². The third-order valence-electron chi connectivity index (χ3n) is 3.12. The van der Waals surface area contributed by atoms with E-state index in [2.05, 4.69) is 29.7 Å². The van der Waals surface area contributed by atoms with Crippen LogP contribution in [0.4, 0.5) is 14.6 Å². The summed E-state index contributed by atoms with van der Waals surface area (Å²) in [5, 5.41) is 0. The Balaban J connectivity index is 2.42. The molecule has 3 nitrogen and oxygen atoms in total. The van der Waals surface area contributed by atoms with Gasteiger partial charge in [-0.3, -0.25) is 0 Å². The van der Waals surface area contributed by atoms with Gasteiger partial charge in [0.2, 0.25) is 0 Å². The third-order valence-corrected chi connectivity index (χ3v) is 8.24. The second kappa shape index (κ2) is 5.27. The summed E-state index contributed by atoms with van der Waals surface area (Å²) in [4.78, 5) is 16.7. The van der Waals surface area contributed by atoms with Crippen molar-refractivity contribution in [1.82, 2.24) is 9.97 Å². The van der Waals surface area contributed by atoms with Crippen LogP contribution in [0.2, 0.25) is 14.8 Å². The van der Waals surface area contributed by atoms with Crippen LogP contribution in [-0.4, -0.2) is 41.4 Å². The first kappa shape index (κ1) is 14.0. The first-order chi connectivity index (χ1) is 8.38. The van der Waals surface area contributed by atoms with Gasteiger partial charge in [-0.05, 0) is 0 Å². The van der Waals surface area contributed by atoms with Crippen molar-refractivity contribution in [2.45, 2.75) is 34.1 Å². The van der Waals surface area contributed by atoms with Crippen molar-refractivity contribution < 1.29 is 8.78 Å². The van der Waals surface area contributed by atoms with E-state index in [1.807, 2.05) is 6.07 Å². The predicted octanol–water partition coefficient (Wildman–Crippen LogP) is 2.56. The van der Waals surface area contributed by atoms with Gasteiger partial charge in [0.1, 0.15) is 0 Å². The van der Waals surface area contributed by atoms with E-state index < -0.39 is 24.8 Å². The van der Waals surface area contributed by atoms with E-state index in [4.69, 9.17) is 0 Å². The zero-order valence-electron chi connectivity index (χ0n) is 11.1. The van der Waals surface area contributed by atoms with E-state index in [-0.39, 0.29) is 5.82 Å². The molecule has 2 heterocycles. The molecule has 0 bridgehead atoms. The van der Waals surface area contributed by atoms with Gasteiger partial charge in [0.25, 0.3) is 0 Å². The van der Waals surface area contributed by atoms with Crippen LogP contribution in [0.25, 0.3) is 0 Å². The third kappa shape index (κ3) is 3.10. The molecule has 1 aliphatic heterocycles. The van der Waals surface area contributed by atoms with Crippen LogP contribution in [-0.2, 0) is 0 Å². The second-order valence-corrected chi connectivity index (χ2v) is 20.0. The Morgan fingerprint density at radius 1 is 1.17 bits per heavy atom. The molecule has 100 valence electrons. The number of anilines is 1. The summed E-state index contributed by atoms with van der Waals surface area (Å²) in [6, 6.07) is 1.94. The van der Waals surface area contributed by atoms with Crippen molar-refractivity contribution in [3.05, 3.63) is 11.9 Å². The maximum absolute atomic E-state index is 12.9. The molecule has 0 aromatic carbocycles. The predicted molar refractivity (Wildman–Crippen MR) is 71.4 cm³/mol. The van der Waals surface area contributed by atoms with Gasteiger partial charge in [-0.15, -0.1) is 0 Å². The van der Waals surface area contributed by atoms with Crippen LogP contribution < -0.4 is 8.61 Å². The average molecular weight is 362 g/mol. The molecular formula is C12H19F2N3Sn. The molecule has 1 fully saturated rings. The second-order valence-electron chi connectivity index (χ2n) is 5.71. The summed E-state index contributed by atoms with van der Waals surface area (Å²) < 4.78 is 26.6. The molecule has 0 saturated carbocycles. The van der Waals surface area contributed by atoms with Crippen LogP contribution in [0.3, 0.4) is 0 Å². The quantitative estimate of drug-likeness (QED) is 0.775. The Kier molecular flexibility index (Phi) is 4.08. The van der Waals surface area contributed by atoms with E-state index in [0.29, 0.717) is 5.82 Å². The number of alkyl halides is 2. The molecule has 0 spiro atoms. The number of nitrogens with zero attached hydrogens (tertiary/aromatic N) is 3. The summed E-state index contributed by atoms with van der Waals surface area (Å²) in [6.45, 7) is 1.83. The average Bonchev–Trinajstić information content (AvgIpc) is 2.80. The molecule has 2 rings (SSSR count). The molecule has 1 saturated heterocycles. The molecule has 18 heavy (non-hydrogen) atoms. The molecule has 0 amide bonds. The molecule has 1 aromatic rings. The fourth-order valence-corrected chi connectivity index (χ4v) is 4.93. The fraction of sp³-hybridized carbons (Fsp3) is 0.667. The molecule has 6 heteroatoms. The zero-order chi connectivity index (χ0) is 13.3. The summed E-state index contributed by atoms with van der Waals surface area (Å²) in [6.07, 6.45) is -0.357. The molecule has 1 aromatic heterocycles. The fourth-order valence-electron chi connectivity index (χ4n) is 2.04. The molecule has 0 unspecified atom stereocenters. The Labute approximate surface area is 110 Å². The Bertz CT molecular complexity index is 426. The minimum absolute atomic E-state index is 0.305. The molecular weight excluding hydrogens is 343 g/mol. The van der Waals surface area contributed by atoms with E-state index in [0.717, 1.165) is 29.6 Å². The number of hydrogen-bond acceptors (Lipinski definition) is 3. The van der Waals surface area contributed by atoms with Gasteiger partial charge in [0.05, 0.1) is 0 Å². The summed E-state index contributed by atoms with van der Waals surface area (Å²) in [5.41, 5.74) is 0. The van der Waals surface area contributed by atoms with Crippen molar-refractivity contribution in [3.8, 4) is 0 Å². The number of halogens is 2. The van der Waals surface area contributed by atoms with Crippen LogP contribution in [0.5, 0.6) is 0 Å². The van der Waals surface area contributed by atoms with Crippen molar-refractivity contribution in [2.24, 2.45) is 0 Å². The molecule has 0 radical (unpaired) electrons. The van der Waals surface area contributed by atoms with Gasteiger partial charge in [-0.25, -0.2) is 0 Å². The van der Waals surface area contributed by atoms with Gasteiger partial charge >= 0.3 is 111 Å². The van der Waals surface area contributed by atoms with Crippen molar-refractivity contribution in [3.63, 3.8) is 0 Å². The van der Waals surface area contributed by atoms with Crippen molar-refractivity contribution in [1.29, 1.82) is 0 Å². The molecule has 1 aliphatic rings. The Hall–Kier alpha value is -0.461. The van der Waals surface area contributed by atoms with Crippen LogP contribution >= 0.6 is 0 Å². The van der Waals surface area contributed by atoms with Gasteiger partial charge in [-0.1, -0.05) is 0 Å². The normalized spacial score (nSPS) is 16.7. The van der Waals surface area contributed by atoms with Crippen LogP contribution in [0.1, 0.15) is 25.1 Å². The summed E-state index contributed by atoms with van der Waals surface area (Å²) >= 11 is -2.45. The Morgan fingerprint density at radius 2 is 1.78 bits per heavy atom. The summed E-state index contributed by atoms with van der Waals surface area (Å²) in [5.74, 6) is 0.389. The van der Waals surface area contributed by atoms with Crippen LogP contribution in [0.15, 0.2) is 6.07 Å². The van der Waals surface area contributed by atoms with Crippen LogP contribution in [0, 0.1) is 0 Å². The first-order valence-corrected chi connectivity index (χ1v) is 16.3. The van der Waals surface area contributed by atoms with Gasteiger partial charge in [0, 0.05) is 0 Å². The van der Waals surface area contributed by atoms with E-state index >= 15 is 0 Å². The Morgan fingerprint density at radius 3 is 2.28 bits per heavy atom. The first-order valence-electron chi connectivity index (χ1n) is 6.30. The molecule has 0 N–H and O–H groups in total. The zero-order valence-corrected chi connectivity index (χ0v) is 13.9. The molecule has 0 aliphatic carbocycles. The van der Waals surface area contributed by atoms with E-state index in [1.165, 1.54) is 0 Å². The minimum atomic E-state index is -2.58. The monoisotopic (exact) mass is 363 g/mol. The number of rotatable bonds is 3. The van der Waals surface area contributed by atoms with E-state index in [1.54, 1.807) is 0 Å². The maximum atomic E-state index is 12.9.